The summed E-state index contributed by atoms with van der Waals surface area (Å²) in [7, 11) is 6.91. The average molecular weight is 214 g/mol. The highest BCUT2D eigenvalue weighted by molar-refractivity contribution is 4.87. The van der Waals surface area contributed by atoms with Gasteiger partial charge >= 0.3 is 0 Å². The topological polar surface area (TPSA) is 9.23 Å². The van der Waals surface area contributed by atoms with Crippen LogP contribution in [-0.2, 0) is 4.74 Å². The Morgan fingerprint density at radius 3 is 1.87 bits per heavy atom. The van der Waals surface area contributed by atoms with Gasteiger partial charge < -0.3 is 9.22 Å². The monoisotopic (exact) mass is 214 g/mol. The van der Waals surface area contributed by atoms with Crippen molar-refractivity contribution in [1.29, 1.82) is 0 Å². The van der Waals surface area contributed by atoms with Gasteiger partial charge in [0.15, 0.2) is 0 Å². The molecule has 1 saturated carbocycles. The van der Waals surface area contributed by atoms with E-state index in [-0.39, 0.29) is 5.60 Å². The molecular formula is C13H28NO+. The summed E-state index contributed by atoms with van der Waals surface area (Å²) in [6, 6.07) is 0. The van der Waals surface area contributed by atoms with E-state index < -0.39 is 0 Å². The second-order valence-electron chi connectivity index (χ2n) is 6.84. The summed E-state index contributed by atoms with van der Waals surface area (Å²) in [6.07, 6.45) is 5.35. The molecule has 2 heteroatoms. The minimum atomic E-state index is -0.00917. The third-order valence-corrected chi connectivity index (χ3v) is 3.73. The Bertz CT molecular complexity index is 204. The molecular weight excluding hydrogens is 186 g/mol. The fraction of sp³-hybridized carbons (Fsp3) is 1.00. The van der Waals surface area contributed by atoms with Crippen LogP contribution in [0.15, 0.2) is 0 Å². The van der Waals surface area contributed by atoms with Gasteiger partial charge in [0.05, 0.1) is 26.7 Å². The highest BCUT2D eigenvalue weighted by Gasteiger charge is 2.46. The summed E-state index contributed by atoms with van der Waals surface area (Å²) in [6.45, 7) is 7.34. The summed E-state index contributed by atoms with van der Waals surface area (Å²) < 4.78 is 7.06. The number of rotatable bonds is 3. The Labute approximate surface area is 95.2 Å². The first kappa shape index (κ1) is 13.0. The fourth-order valence-corrected chi connectivity index (χ4v) is 2.39. The Kier molecular flexibility index (Phi) is 3.52. The molecule has 0 aromatic heterocycles. The average Bonchev–Trinajstić information content (AvgIpc) is 2.46. The van der Waals surface area contributed by atoms with Crippen molar-refractivity contribution in [2.24, 2.45) is 0 Å². The Morgan fingerprint density at radius 1 is 1.07 bits per heavy atom. The third-order valence-electron chi connectivity index (χ3n) is 3.73. The van der Waals surface area contributed by atoms with Crippen LogP contribution < -0.4 is 0 Å². The minimum Gasteiger partial charge on any atom is -0.369 e. The normalized spacial score (nSPS) is 22.0. The molecule has 0 bridgehead atoms. The molecule has 15 heavy (non-hydrogen) atoms. The molecule has 0 atom stereocenters. The first-order chi connectivity index (χ1) is 6.66. The van der Waals surface area contributed by atoms with E-state index in [0.29, 0.717) is 5.54 Å². The molecule has 0 aromatic rings. The lowest BCUT2D eigenvalue weighted by molar-refractivity contribution is -0.924. The summed E-state index contributed by atoms with van der Waals surface area (Å²) in [5.41, 5.74) is 0.345. The smallest absolute Gasteiger partial charge is 0.122 e. The van der Waals surface area contributed by atoms with Gasteiger partial charge in [-0.2, -0.15) is 0 Å². The summed E-state index contributed by atoms with van der Waals surface area (Å²) in [4.78, 5) is 0. The Balaban J connectivity index is 2.67. The molecule has 0 N–H and O–H groups in total. The molecule has 1 aliphatic carbocycles. The third kappa shape index (κ3) is 3.18. The highest BCUT2D eigenvalue weighted by atomic mass is 16.5. The molecule has 0 amide bonds. The molecule has 90 valence electrons. The van der Waals surface area contributed by atoms with Crippen molar-refractivity contribution in [1.82, 2.24) is 0 Å². The van der Waals surface area contributed by atoms with Gasteiger partial charge in [0.2, 0.25) is 0 Å². The van der Waals surface area contributed by atoms with Crippen LogP contribution in [0.25, 0.3) is 0 Å². The maximum atomic E-state index is 6.03. The van der Waals surface area contributed by atoms with Gasteiger partial charge in [-0.3, -0.25) is 0 Å². The lowest BCUT2D eigenvalue weighted by Gasteiger charge is -2.44. The van der Waals surface area contributed by atoms with Crippen LogP contribution >= 0.6 is 0 Å². The van der Waals surface area contributed by atoms with E-state index in [1.54, 1.807) is 0 Å². The largest absolute Gasteiger partial charge is 0.369 e. The zero-order valence-corrected chi connectivity index (χ0v) is 11.4. The molecule has 0 saturated heterocycles. The van der Waals surface area contributed by atoms with Crippen molar-refractivity contribution in [3.63, 3.8) is 0 Å². The molecule has 0 aromatic carbocycles. The number of hydrogen-bond donors (Lipinski definition) is 0. The zero-order valence-electron chi connectivity index (χ0n) is 11.4. The van der Waals surface area contributed by atoms with Gasteiger partial charge in [0, 0.05) is 12.8 Å². The van der Waals surface area contributed by atoms with E-state index in [1.165, 1.54) is 25.7 Å². The van der Waals surface area contributed by atoms with E-state index in [1.807, 2.05) is 0 Å². The molecule has 1 fully saturated rings. The van der Waals surface area contributed by atoms with Gasteiger partial charge in [-0.15, -0.1) is 0 Å². The molecule has 1 rings (SSSR count). The van der Waals surface area contributed by atoms with Crippen molar-refractivity contribution < 1.29 is 9.22 Å². The van der Waals surface area contributed by atoms with Crippen molar-refractivity contribution in [2.45, 2.75) is 57.6 Å². The van der Waals surface area contributed by atoms with Crippen LogP contribution in [0.2, 0.25) is 0 Å². The van der Waals surface area contributed by atoms with Crippen LogP contribution in [0.3, 0.4) is 0 Å². The predicted octanol–water partition coefficient (Wildman–Crippen LogP) is 2.82. The molecule has 0 spiro atoms. The van der Waals surface area contributed by atoms with Crippen molar-refractivity contribution in [2.75, 3.05) is 27.7 Å². The van der Waals surface area contributed by atoms with Crippen molar-refractivity contribution in [3.8, 4) is 0 Å². The van der Waals surface area contributed by atoms with Crippen LogP contribution in [0.4, 0.5) is 0 Å². The van der Waals surface area contributed by atoms with Gasteiger partial charge in [-0.05, 0) is 33.6 Å². The number of hydrogen-bond acceptors (Lipinski definition) is 1. The molecule has 1 aliphatic rings. The summed E-state index contributed by atoms with van der Waals surface area (Å²) in [5, 5.41) is 0. The minimum absolute atomic E-state index is 0.00917. The van der Waals surface area contributed by atoms with Crippen molar-refractivity contribution in [3.05, 3.63) is 0 Å². The number of likely N-dealkylation sites (N-methyl/N-ethyl adjacent to an activating group) is 1. The maximum Gasteiger partial charge on any atom is 0.122 e. The van der Waals surface area contributed by atoms with Gasteiger partial charge in [0.1, 0.15) is 12.1 Å². The highest BCUT2D eigenvalue weighted by Crippen LogP contribution is 2.38. The lowest BCUT2D eigenvalue weighted by Crippen LogP contribution is -2.58. The summed E-state index contributed by atoms with van der Waals surface area (Å²) >= 11 is 0. The zero-order chi connectivity index (χ0) is 11.7. The number of ether oxygens (including phenoxy) is 1. The van der Waals surface area contributed by atoms with Gasteiger partial charge in [0.25, 0.3) is 0 Å². The molecule has 0 radical (unpaired) electrons. The van der Waals surface area contributed by atoms with E-state index >= 15 is 0 Å². The van der Waals surface area contributed by atoms with Crippen molar-refractivity contribution >= 4 is 0 Å². The molecule has 0 aliphatic heterocycles. The standard InChI is InChI=1S/C13H28NO/c1-12(2,3)15-11-13(14(4,5)6)9-7-8-10-13/h7-11H2,1-6H3/q+1. The lowest BCUT2D eigenvalue weighted by atomic mass is 9.94. The number of quaternary nitrogens is 1. The van der Waals surface area contributed by atoms with E-state index in [0.717, 1.165) is 11.1 Å². The quantitative estimate of drug-likeness (QED) is 0.656. The Morgan fingerprint density at radius 2 is 1.53 bits per heavy atom. The van der Waals surface area contributed by atoms with Crippen LogP contribution in [0.5, 0.6) is 0 Å². The first-order valence-corrected chi connectivity index (χ1v) is 6.12. The van der Waals surface area contributed by atoms with Gasteiger partial charge in [-0.25, -0.2) is 0 Å². The van der Waals surface area contributed by atoms with E-state index in [4.69, 9.17) is 4.74 Å². The van der Waals surface area contributed by atoms with E-state index in [2.05, 4.69) is 41.9 Å². The van der Waals surface area contributed by atoms with Crippen LogP contribution in [-0.4, -0.2) is 43.4 Å². The van der Waals surface area contributed by atoms with Crippen LogP contribution in [0.1, 0.15) is 46.5 Å². The Hall–Kier alpha value is -0.0800. The SMILES string of the molecule is CC(C)(C)OCC1([N+](C)(C)C)CCCC1. The van der Waals surface area contributed by atoms with Crippen LogP contribution in [0, 0.1) is 0 Å². The number of nitrogens with zero attached hydrogens (tertiary/aromatic N) is 1. The van der Waals surface area contributed by atoms with Gasteiger partial charge in [-0.1, -0.05) is 0 Å². The summed E-state index contributed by atoms with van der Waals surface area (Å²) in [5.74, 6) is 0. The molecule has 0 heterocycles. The second kappa shape index (κ2) is 4.06. The molecule has 2 nitrogen and oxygen atoms in total. The fourth-order valence-electron chi connectivity index (χ4n) is 2.39. The second-order valence-corrected chi connectivity index (χ2v) is 6.84. The first-order valence-electron chi connectivity index (χ1n) is 6.12. The predicted molar refractivity (Wildman–Crippen MR) is 64.9 cm³/mol. The molecule has 0 unspecified atom stereocenters. The maximum absolute atomic E-state index is 6.03. The van der Waals surface area contributed by atoms with E-state index in [9.17, 15) is 0 Å².